The Balaban J connectivity index is 1.78. The lowest BCUT2D eigenvalue weighted by Gasteiger charge is -2.03. The third-order valence-electron chi connectivity index (χ3n) is 3.14. The van der Waals surface area contributed by atoms with Gasteiger partial charge < -0.3 is 10.4 Å². The average Bonchev–Trinajstić information content (AvgIpc) is 3.06. The van der Waals surface area contributed by atoms with E-state index in [9.17, 15) is 9.59 Å². The fraction of sp³-hybridized carbons (Fsp3) is 0. The highest BCUT2D eigenvalue weighted by atomic mass is 32.1. The van der Waals surface area contributed by atoms with Crippen LogP contribution in [0.25, 0.3) is 11.3 Å². The van der Waals surface area contributed by atoms with Crippen LogP contribution in [0.4, 0.5) is 5.69 Å². The molecule has 5 nitrogen and oxygen atoms in total. The van der Waals surface area contributed by atoms with Crippen molar-refractivity contribution in [3.05, 3.63) is 70.5 Å². The molecule has 2 N–H and O–H groups in total. The van der Waals surface area contributed by atoms with Crippen molar-refractivity contribution in [3.63, 3.8) is 0 Å². The zero-order chi connectivity index (χ0) is 16.2. The fourth-order valence-corrected chi connectivity index (χ4v) is 2.76. The van der Waals surface area contributed by atoms with Crippen LogP contribution in [-0.2, 0) is 0 Å². The van der Waals surface area contributed by atoms with Crippen molar-refractivity contribution < 1.29 is 14.7 Å². The normalized spacial score (nSPS) is 10.3. The average molecular weight is 324 g/mol. The van der Waals surface area contributed by atoms with Crippen molar-refractivity contribution in [2.45, 2.75) is 0 Å². The van der Waals surface area contributed by atoms with Gasteiger partial charge >= 0.3 is 5.97 Å². The summed E-state index contributed by atoms with van der Waals surface area (Å²) < 4.78 is 0. The summed E-state index contributed by atoms with van der Waals surface area (Å²) >= 11 is 1.24. The van der Waals surface area contributed by atoms with Crippen molar-refractivity contribution in [1.82, 2.24) is 4.98 Å². The predicted molar refractivity (Wildman–Crippen MR) is 88.9 cm³/mol. The first-order valence-corrected chi connectivity index (χ1v) is 7.67. The second kappa shape index (κ2) is 6.41. The van der Waals surface area contributed by atoms with Gasteiger partial charge in [0, 0.05) is 16.6 Å². The van der Waals surface area contributed by atoms with E-state index in [4.69, 9.17) is 5.11 Å². The Labute approximate surface area is 136 Å². The Morgan fingerprint density at radius 1 is 1.04 bits per heavy atom. The molecule has 0 aliphatic heterocycles. The van der Waals surface area contributed by atoms with E-state index < -0.39 is 5.97 Å². The number of aromatic nitrogens is 1. The van der Waals surface area contributed by atoms with Crippen LogP contribution in [-0.4, -0.2) is 22.0 Å². The molecule has 3 aromatic rings. The number of carboxylic acid groups (broad SMARTS) is 1. The number of carbonyl (C=O) groups is 2. The molecule has 6 heteroatoms. The van der Waals surface area contributed by atoms with E-state index >= 15 is 0 Å². The molecule has 1 amide bonds. The van der Waals surface area contributed by atoms with Crippen LogP contribution in [0, 0.1) is 0 Å². The van der Waals surface area contributed by atoms with Gasteiger partial charge in [0.2, 0.25) is 0 Å². The Morgan fingerprint density at radius 2 is 1.83 bits per heavy atom. The van der Waals surface area contributed by atoms with Crippen LogP contribution in [0.2, 0.25) is 0 Å². The molecule has 0 saturated heterocycles. The summed E-state index contributed by atoms with van der Waals surface area (Å²) in [5.74, 6) is -1.40. The van der Waals surface area contributed by atoms with Gasteiger partial charge in [0.25, 0.3) is 5.91 Å². The van der Waals surface area contributed by atoms with Crippen LogP contribution < -0.4 is 5.32 Å². The molecule has 0 spiro atoms. The van der Waals surface area contributed by atoms with Gasteiger partial charge in [-0.25, -0.2) is 9.78 Å². The van der Waals surface area contributed by atoms with E-state index in [0.29, 0.717) is 10.7 Å². The van der Waals surface area contributed by atoms with Gasteiger partial charge in [-0.2, -0.15) is 0 Å². The van der Waals surface area contributed by atoms with Crippen molar-refractivity contribution in [2.75, 3.05) is 5.32 Å². The van der Waals surface area contributed by atoms with Crippen molar-refractivity contribution >= 4 is 28.9 Å². The Kier molecular flexibility index (Phi) is 4.16. The smallest absolute Gasteiger partial charge is 0.335 e. The Morgan fingerprint density at radius 3 is 2.57 bits per heavy atom. The molecule has 1 heterocycles. The summed E-state index contributed by atoms with van der Waals surface area (Å²) in [6.45, 7) is 0. The minimum atomic E-state index is -1.04. The predicted octanol–water partition coefficient (Wildman–Crippen LogP) is 3.76. The maximum absolute atomic E-state index is 12.2. The first-order chi connectivity index (χ1) is 11.1. The lowest BCUT2D eigenvalue weighted by Crippen LogP contribution is -2.12. The van der Waals surface area contributed by atoms with Crippen molar-refractivity contribution in [3.8, 4) is 11.3 Å². The van der Waals surface area contributed by atoms with Gasteiger partial charge in [0.05, 0.1) is 11.3 Å². The highest BCUT2D eigenvalue weighted by Gasteiger charge is 2.13. The van der Waals surface area contributed by atoms with Crippen LogP contribution in [0.3, 0.4) is 0 Å². The maximum Gasteiger partial charge on any atom is 0.335 e. The van der Waals surface area contributed by atoms with E-state index in [1.165, 1.54) is 23.5 Å². The number of hydrogen-bond donors (Lipinski definition) is 2. The highest BCUT2D eigenvalue weighted by Crippen LogP contribution is 2.22. The first kappa shape index (κ1) is 14.9. The summed E-state index contributed by atoms with van der Waals surface area (Å²) in [7, 11) is 0. The molecule has 3 rings (SSSR count). The van der Waals surface area contributed by atoms with Crippen molar-refractivity contribution in [2.24, 2.45) is 0 Å². The number of hydrogen-bond acceptors (Lipinski definition) is 4. The van der Waals surface area contributed by atoms with Crippen LogP contribution in [0.1, 0.15) is 20.2 Å². The van der Waals surface area contributed by atoms with Gasteiger partial charge in [0.1, 0.15) is 0 Å². The van der Waals surface area contributed by atoms with Gasteiger partial charge in [0.15, 0.2) is 5.01 Å². The van der Waals surface area contributed by atoms with E-state index in [2.05, 4.69) is 10.3 Å². The van der Waals surface area contributed by atoms with Gasteiger partial charge in [-0.1, -0.05) is 36.4 Å². The monoisotopic (exact) mass is 324 g/mol. The second-order valence-corrected chi connectivity index (χ2v) is 5.60. The first-order valence-electron chi connectivity index (χ1n) is 6.79. The molecule has 0 radical (unpaired) electrons. The number of nitrogens with one attached hydrogen (secondary N) is 1. The largest absolute Gasteiger partial charge is 0.478 e. The van der Waals surface area contributed by atoms with Gasteiger partial charge in [-0.05, 0) is 18.2 Å². The number of benzene rings is 2. The standard InChI is InChI=1S/C17H12N2O3S/c20-15(18-13-8-4-7-12(9-13)17(21)22)16-19-14(10-23-16)11-5-2-1-3-6-11/h1-10H,(H,18,20)(H,21,22). The lowest BCUT2D eigenvalue weighted by atomic mass is 10.2. The molecule has 0 aliphatic rings. The summed E-state index contributed by atoms with van der Waals surface area (Å²) in [4.78, 5) is 27.5. The van der Waals surface area contributed by atoms with Crippen LogP contribution in [0.5, 0.6) is 0 Å². The molecule has 0 atom stereocenters. The van der Waals surface area contributed by atoms with Crippen LogP contribution >= 0.6 is 11.3 Å². The summed E-state index contributed by atoms with van der Waals surface area (Å²) in [6, 6.07) is 15.7. The summed E-state index contributed by atoms with van der Waals surface area (Å²) in [6.07, 6.45) is 0. The minimum absolute atomic E-state index is 0.118. The maximum atomic E-state index is 12.2. The second-order valence-electron chi connectivity index (χ2n) is 4.74. The molecule has 0 bridgehead atoms. The lowest BCUT2D eigenvalue weighted by molar-refractivity contribution is 0.0696. The minimum Gasteiger partial charge on any atom is -0.478 e. The number of aromatic carboxylic acids is 1. The quantitative estimate of drug-likeness (QED) is 0.766. The zero-order valence-corrected chi connectivity index (χ0v) is 12.7. The Bertz CT molecular complexity index is 859. The van der Waals surface area contributed by atoms with Gasteiger partial charge in [-0.15, -0.1) is 11.3 Å². The number of carboxylic acids is 1. The van der Waals surface area contributed by atoms with Gasteiger partial charge in [-0.3, -0.25) is 4.79 Å². The van der Waals surface area contributed by atoms with Crippen LogP contribution in [0.15, 0.2) is 60.0 Å². The topological polar surface area (TPSA) is 79.3 Å². The number of carbonyl (C=O) groups excluding carboxylic acids is 1. The SMILES string of the molecule is O=C(O)c1cccc(NC(=O)c2nc(-c3ccccc3)cs2)c1. The number of thiazole rings is 1. The molecule has 0 saturated carbocycles. The van der Waals surface area contributed by atoms with Crippen molar-refractivity contribution in [1.29, 1.82) is 0 Å². The summed E-state index contributed by atoms with van der Waals surface area (Å²) in [5, 5.41) is 13.8. The number of nitrogens with zero attached hydrogens (tertiary/aromatic N) is 1. The van der Waals surface area contributed by atoms with E-state index in [-0.39, 0.29) is 11.5 Å². The van der Waals surface area contributed by atoms with E-state index in [1.54, 1.807) is 12.1 Å². The summed E-state index contributed by atoms with van der Waals surface area (Å²) in [5.41, 5.74) is 2.22. The Hall–Kier alpha value is -2.99. The zero-order valence-electron chi connectivity index (χ0n) is 11.9. The molecule has 114 valence electrons. The third-order valence-corrected chi connectivity index (χ3v) is 3.98. The molecular weight excluding hydrogens is 312 g/mol. The number of rotatable bonds is 4. The molecule has 0 aliphatic carbocycles. The molecule has 23 heavy (non-hydrogen) atoms. The molecule has 2 aromatic carbocycles. The molecule has 0 fully saturated rings. The highest BCUT2D eigenvalue weighted by molar-refractivity contribution is 7.12. The van der Waals surface area contributed by atoms with E-state index in [1.807, 2.05) is 35.7 Å². The third kappa shape index (κ3) is 3.44. The number of anilines is 1. The molecular formula is C17H12N2O3S. The fourth-order valence-electron chi connectivity index (χ4n) is 2.03. The molecule has 1 aromatic heterocycles. The number of amides is 1. The van der Waals surface area contributed by atoms with E-state index in [0.717, 1.165) is 11.3 Å². The molecule has 0 unspecified atom stereocenters.